The summed E-state index contributed by atoms with van der Waals surface area (Å²) < 4.78 is 0. The summed E-state index contributed by atoms with van der Waals surface area (Å²) in [5.41, 5.74) is 4.39. The molecule has 0 aromatic carbocycles. The summed E-state index contributed by atoms with van der Waals surface area (Å²) >= 11 is 1.81. The molecule has 1 aliphatic heterocycles. The number of hydrogen-bond donors (Lipinski definition) is 0. The second-order valence-corrected chi connectivity index (χ2v) is 7.08. The van der Waals surface area contributed by atoms with Crippen molar-refractivity contribution in [3.8, 4) is 11.4 Å². The van der Waals surface area contributed by atoms with E-state index in [0.717, 1.165) is 27.2 Å². The van der Waals surface area contributed by atoms with Crippen LogP contribution in [0.3, 0.4) is 0 Å². The van der Waals surface area contributed by atoms with Crippen molar-refractivity contribution >= 4 is 28.1 Å². The summed E-state index contributed by atoms with van der Waals surface area (Å²) in [7, 11) is 0. The van der Waals surface area contributed by atoms with Gasteiger partial charge in [-0.3, -0.25) is 9.97 Å². The van der Waals surface area contributed by atoms with Crippen LogP contribution in [0, 0.1) is 0 Å². The summed E-state index contributed by atoms with van der Waals surface area (Å²) in [5, 5.41) is 3.69. The second-order valence-electron chi connectivity index (χ2n) is 5.75. The van der Waals surface area contributed by atoms with E-state index in [9.17, 15) is 0 Å². The van der Waals surface area contributed by atoms with Crippen molar-refractivity contribution in [3.05, 3.63) is 66.6 Å². The quantitative estimate of drug-likeness (QED) is 0.651. The molecule has 0 aliphatic carbocycles. The lowest BCUT2D eigenvalue weighted by Gasteiger charge is -2.05. The van der Waals surface area contributed by atoms with Crippen molar-refractivity contribution < 1.29 is 0 Å². The zero-order chi connectivity index (χ0) is 16.5. The molecule has 0 spiro atoms. The van der Waals surface area contributed by atoms with Crippen molar-refractivity contribution in [1.29, 1.82) is 0 Å². The number of nitrogens with zero attached hydrogens (tertiary/aromatic N) is 3. The fraction of sp³-hybridized carbons (Fsp3) is 0.150. The maximum Gasteiger partial charge on any atom is 0.105 e. The van der Waals surface area contributed by atoms with E-state index in [1.54, 1.807) is 6.20 Å². The molecule has 1 atom stereocenters. The summed E-state index contributed by atoms with van der Waals surface area (Å²) in [6.07, 6.45) is 11.8. The van der Waals surface area contributed by atoms with E-state index in [1.165, 1.54) is 11.1 Å². The van der Waals surface area contributed by atoms with Crippen LogP contribution in [-0.2, 0) is 0 Å². The molecule has 0 saturated carbocycles. The van der Waals surface area contributed by atoms with Crippen LogP contribution >= 0.6 is 11.8 Å². The number of aromatic nitrogens is 3. The smallest absolute Gasteiger partial charge is 0.105 e. The molecule has 24 heavy (non-hydrogen) atoms. The molecule has 4 heteroatoms. The Kier molecular flexibility index (Phi) is 3.90. The lowest BCUT2D eigenvalue weighted by atomic mass is 10.0. The first-order valence-electron chi connectivity index (χ1n) is 7.97. The molecule has 0 N–H and O–H groups in total. The van der Waals surface area contributed by atoms with E-state index in [0.29, 0.717) is 5.25 Å². The SMILES string of the molecule is C/C=C\C=C1\c2ccc(-c3cc4ccncc4cn3)nc2SC1C. The zero-order valence-corrected chi connectivity index (χ0v) is 14.4. The normalized spacial score (nSPS) is 18.6. The van der Waals surface area contributed by atoms with Crippen molar-refractivity contribution in [2.75, 3.05) is 0 Å². The second kappa shape index (κ2) is 6.21. The minimum atomic E-state index is 0.426. The maximum absolute atomic E-state index is 4.86. The molecular formula is C20H17N3S. The van der Waals surface area contributed by atoms with Crippen LogP contribution in [-0.4, -0.2) is 20.2 Å². The molecule has 118 valence electrons. The van der Waals surface area contributed by atoms with Gasteiger partial charge in [0, 0.05) is 34.8 Å². The zero-order valence-electron chi connectivity index (χ0n) is 13.6. The molecular weight excluding hydrogens is 314 g/mol. The molecule has 4 rings (SSSR count). The van der Waals surface area contributed by atoms with E-state index >= 15 is 0 Å². The number of pyridine rings is 3. The predicted octanol–water partition coefficient (Wildman–Crippen LogP) is 5.15. The highest BCUT2D eigenvalue weighted by Crippen LogP contribution is 2.44. The average Bonchev–Trinajstić information content (AvgIpc) is 2.93. The van der Waals surface area contributed by atoms with E-state index in [-0.39, 0.29) is 0 Å². The van der Waals surface area contributed by atoms with Gasteiger partial charge in [-0.2, -0.15) is 0 Å². The first kappa shape index (κ1) is 15.1. The lowest BCUT2D eigenvalue weighted by Crippen LogP contribution is -1.92. The standard InChI is InChI=1S/C20H17N3S/c1-3-4-5-16-13(2)24-20-17(16)6-7-18(23-20)19-10-14-8-9-21-11-15(14)12-22-19/h3-13H,1-2H3/b4-3-,16-5+. The number of rotatable bonds is 2. The first-order chi connectivity index (χ1) is 11.8. The van der Waals surface area contributed by atoms with Gasteiger partial charge in [-0.25, -0.2) is 4.98 Å². The molecule has 1 aliphatic rings. The van der Waals surface area contributed by atoms with E-state index in [1.807, 2.05) is 37.1 Å². The maximum atomic E-state index is 4.86. The van der Waals surface area contributed by atoms with Crippen LogP contribution in [0.15, 0.2) is 66.1 Å². The molecule has 0 amide bonds. The molecule has 3 nitrogen and oxygen atoms in total. The van der Waals surface area contributed by atoms with Gasteiger partial charge in [-0.1, -0.05) is 30.0 Å². The Bertz CT molecular complexity index is 976. The van der Waals surface area contributed by atoms with E-state index < -0.39 is 0 Å². The van der Waals surface area contributed by atoms with Crippen LogP contribution in [0.4, 0.5) is 0 Å². The minimum absolute atomic E-state index is 0.426. The van der Waals surface area contributed by atoms with Crippen molar-refractivity contribution in [2.24, 2.45) is 0 Å². The molecule has 3 aromatic heterocycles. The van der Waals surface area contributed by atoms with Crippen molar-refractivity contribution in [1.82, 2.24) is 15.0 Å². The Morgan fingerprint density at radius 1 is 1.08 bits per heavy atom. The van der Waals surface area contributed by atoms with Crippen LogP contribution in [0.1, 0.15) is 19.4 Å². The van der Waals surface area contributed by atoms with Crippen LogP contribution < -0.4 is 0 Å². The van der Waals surface area contributed by atoms with Crippen molar-refractivity contribution in [2.45, 2.75) is 24.1 Å². The predicted molar refractivity (Wildman–Crippen MR) is 101 cm³/mol. The van der Waals surface area contributed by atoms with Gasteiger partial charge in [0.15, 0.2) is 0 Å². The molecule has 0 fully saturated rings. The highest BCUT2D eigenvalue weighted by Gasteiger charge is 2.25. The molecule has 0 saturated heterocycles. The molecule has 4 heterocycles. The minimum Gasteiger partial charge on any atom is -0.264 e. The Labute approximate surface area is 145 Å². The van der Waals surface area contributed by atoms with Gasteiger partial charge in [-0.15, -0.1) is 0 Å². The van der Waals surface area contributed by atoms with Crippen LogP contribution in [0.25, 0.3) is 27.7 Å². The number of allylic oxidation sites excluding steroid dienone is 3. The lowest BCUT2D eigenvalue weighted by molar-refractivity contribution is 1.12. The number of fused-ring (bicyclic) bond motifs is 2. The van der Waals surface area contributed by atoms with Crippen molar-refractivity contribution in [3.63, 3.8) is 0 Å². The Morgan fingerprint density at radius 3 is 2.88 bits per heavy atom. The largest absolute Gasteiger partial charge is 0.264 e. The molecule has 3 aromatic rings. The van der Waals surface area contributed by atoms with Gasteiger partial charge >= 0.3 is 0 Å². The monoisotopic (exact) mass is 331 g/mol. The number of hydrogen-bond acceptors (Lipinski definition) is 4. The molecule has 0 bridgehead atoms. The summed E-state index contributed by atoms with van der Waals surface area (Å²) in [6.45, 7) is 4.26. The fourth-order valence-electron chi connectivity index (χ4n) is 2.89. The van der Waals surface area contributed by atoms with Gasteiger partial charge < -0.3 is 0 Å². The van der Waals surface area contributed by atoms with E-state index in [4.69, 9.17) is 4.98 Å². The highest BCUT2D eigenvalue weighted by molar-refractivity contribution is 8.00. The third-order valence-corrected chi connectivity index (χ3v) is 5.29. The summed E-state index contributed by atoms with van der Waals surface area (Å²) in [6, 6.07) is 8.31. The molecule has 1 unspecified atom stereocenters. The van der Waals surface area contributed by atoms with Gasteiger partial charge in [0.2, 0.25) is 0 Å². The van der Waals surface area contributed by atoms with Gasteiger partial charge in [-0.05, 0) is 49.1 Å². The topological polar surface area (TPSA) is 38.7 Å². The van der Waals surface area contributed by atoms with Crippen LogP contribution in [0.2, 0.25) is 0 Å². The average molecular weight is 331 g/mol. The first-order valence-corrected chi connectivity index (χ1v) is 8.85. The highest BCUT2D eigenvalue weighted by atomic mass is 32.2. The van der Waals surface area contributed by atoms with Gasteiger partial charge in [0.1, 0.15) is 5.03 Å². The van der Waals surface area contributed by atoms with Gasteiger partial charge in [0.05, 0.1) is 11.4 Å². The number of thioether (sulfide) groups is 1. The third kappa shape index (κ3) is 2.63. The Balaban J connectivity index is 1.77. The van der Waals surface area contributed by atoms with Gasteiger partial charge in [0.25, 0.3) is 0 Å². The summed E-state index contributed by atoms with van der Waals surface area (Å²) in [5.74, 6) is 0. The Morgan fingerprint density at radius 2 is 2.00 bits per heavy atom. The Hall–Kier alpha value is -2.46. The molecule has 0 radical (unpaired) electrons. The third-order valence-electron chi connectivity index (χ3n) is 4.15. The van der Waals surface area contributed by atoms with E-state index in [2.05, 4.69) is 53.3 Å². The fourth-order valence-corrected chi connectivity index (χ4v) is 4.02. The van der Waals surface area contributed by atoms with Crippen LogP contribution in [0.5, 0.6) is 0 Å². The summed E-state index contributed by atoms with van der Waals surface area (Å²) in [4.78, 5) is 13.5.